The second kappa shape index (κ2) is 7.33. The lowest BCUT2D eigenvalue weighted by Crippen LogP contribution is -2.41. The molecule has 0 saturated carbocycles. The number of nitrogens with one attached hydrogen (secondary N) is 1. The molecule has 0 aromatic carbocycles. The first-order valence-electron chi connectivity index (χ1n) is 6.56. The van der Waals surface area contributed by atoms with Gasteiger partial charge >= 0.3 is 0 Å². The van der Waals surface area contributed by atoms with Crippen LogP contribution in [-0.4, -0.2) is 42.5 Å². The average molecular weight is 239 g/mol. The molecule has 98 valence electrons. The Morgan fingerprint density at radius 3 is 2.59 bits per heavy atom. The van der Waals surface area contributed by atoms with Crippen molar-refractivity contribution in [1.29, 1.82) is 0 Å². The molecule has 1 fully saturated rings. The molecule has 1 N–H and O–H groups in total. The minimum atomic E-state index is 0.220. The lowest BCUT2D eigenvalue weighted by Gasteiger charge is -2.23. The van der Waals surface area contributed by atoms with E-state index in [1.807, 2.05) is 23.2 Å². The third kappa shape index (κ3) is 4.77. The van der Waals surface area contributed by atoms with Crippen molar-refractivity contribution in [3.05, 3.63) is 11.8 Å². The van der Waals surface area contributed by atoms with E-state index >= 15 is 0 Å². The predicted octanol–water partition coefficient (Wildman–Crippen LogP) is 1.75. The molecule has 0 spiro atoms. The van der Waals surface area contributed by atoms with Crippen LogP contribution in [0.4, 0.5) is 0 Å². The molecular formula is C13H25N3O. The number of allylic oxidation sites excluding steroid dienone is 1. The Kier molecular flexibility index (Phi) is 6.05. The SMILES string of the molecule is CCC/C(C)=C\N(CC(=O)N1CCCC1)NC. The average Bonchev–Trinajstić information content (AvgIpc) is 2.81. The quantitative estimate of drug-likeness (QED) is 0.717. The van der Waals surface area contributed by atoms with Crippen LogP contribution in [0.25, 0.3) is 0 Å². The van der Waals surface area contributed by atoms with Crippen molar-refractivity contribution in [2.24, 2.45) is 0 Å². The summed E-state index contributed by atoms with van der Waals surface area (Å²) in [6.07, 6.45) is 6.56. The topological polar surface area (TPSA) is 35.6 Å². The van der Waals surface area contributed by atoms with Crippen molar-refractivity contribution in [3.8, 4) is 0 Å². The van der Waals surface area contributed by atoms with Crippen LogP contribution < -0.4 is 5.43 Å². The number of hydrogen-bond donors (Lipinski definition) is 1. The van der Waals surface area contributed by atoms with Gasteiger partial charge in [-0.25, -0.2) is 5.43 Å². The number of carbonyl (C=O) groups excluding carboxylic acids is 1. The summed E-state index contributed by atoms with van der Waals surface area (Å²) < 4.78 is 0. The van der Waals surface area contributed by atoms with Gasteiger partial charge in [0.25, 0.3) is 0 Å². The summed E-state index contributed by atoms with van der Waals surface area (Å²) in [5.74, 6) is 0.220. The highest BCUT2D eigenvalue weighted by molar-refractivity contribution is 5.78. The summed E-state index contributed by atoms with van der Waals surface area (Å²) in [5.41, 5.74) is 4.36. The Balaban J connectivity index is 2.45. The van der Waals surface area contributed by atoms with E-state index in [0.29, 0.717) is 6.54 Å². The van der Waals surface area contributed by atoms with Crippen molar-refractivity contribution in [2.45, 2.75) is 39.5 Å². The van der Waals surface area contributed by atoms with Crippen LogP contribution in [0.1, 0.15) is 39.5 Å². The van der Waals surface area contributed by atoms with Crippen molar-refractivity contribution >= 4 is 5.91 Å². The monoisotopic (exact) mass is 239 g/mol. The second-order valence-electron chi connectivity index (χ2n) is 4.66. The minimum Gasteiger partial charge on any atom is -0.341 e. The molecule has 0 aliphatic carbocycles. The number of hydrogen-bond acceptors (Lipinski definition) is 3. The number of rotatable bonds is 6. The van der Waals surface area contributed by atoms with Gasteiger partial charge in [0.2, 0.25) is 5.91 Å². The van der Waals surface area contributed by atoms with Gasteiger partial charge in [-0.3, -0.25) is 4.79 Å². The Morgan fingerprint density at radius 2 is 2.06 bits per heavy atom. The molecule has 1 heterocycles. The smallest absolute Gasteiger partial charge is 0.243 e. The lowest BCUT2D eigenvalue weighted by atomic mass is 10.2. The van der Waals surface area contributed by atoms with Crippen LogP contribution in [0.5, 0.6) is 0 Å². The van der Waals surface area contributed by atoms with Gasteiger partial charge in [0, 0.05) is 26.3 Å². The van der Waals surface area contributed by atoms with Gasteiger partial charge in [-0.2, -0.15) is 0 Å². The molecule has 0 unspecified atom stereocenters. The first-order valence-corrected chi connectivity index (χ1v) is 6.56. The zero-order chi connectivity index (χ0) is 12.7. The Hall–Kier alpha value is -1.03. The molecule has 4 nitrogen and oxygen atoms in total. The highest BCUT2D eigenvalue weighted by Gasteiger charge is 2.18. The van der Waals surface area contributed by atoms with Crippen LogP contribution in [0.2, 0.25) is 0 Å². The van der Waals surface area contributed by atoms with E-state index in [1.165, 1.54) is 5.57 Å². The van der Waals surface area contributed by atoms with Crippen molar-refractivity contribution in [2.75, 3.05) is 26.7 Å². The molecule has 0 aromatic heterocycles. The minimum absolute atomic E-state index is 0.220. The Bertz CT molecular complexity index is 270. The number of likely N-dealkylation sites (tertiary alicyclic amines) is 1. The molecular weight excluding hydrogens is 214 g/mol. The molecule has 4 heteroatoms. The molecule has 0 atom stereocenters. The van der Waals surface area contributed by atoms with Gasteiger partial charge in [-0.05, 0) is 26.2 Å². The van der Waals surface area contributed by atoms with E-state index in [4.69, 9.17) is 0 Å². The van der Waals surface area contributed by atoms with Gasteiger partial charge in [0.15, 0.2) is 0 Å². The molecule has 0 bridgehead atoms. The van der Waals surface area contributed by atoms with E-state index in [9.17, 15) is 4.79 Å². The third-order valence-electron chi connectivity index (χ3n) is 3.07. The van der Waals surface area contributed by atoms with E-state index in [1.54, 1.807) is 0 Å². The normalized spacial score (nSPS) is 16.4. The fraction of sp³-hybridized carbons (Fsp3) is 0.769. The summed E-state index contributed by atoms with van der Waals surface area (Å²) in [6, 6.07) is 0. The molecule has 1 saturated heterocycles. The maximum absolute atomic E-state index is 12.0. The number of hydrazine groups is 1. The zero-order valence-electron chi connectivity index (χ0n) is 11.3. The summed E-state index contributed by atoms with van der Waals surface area (Å²) in [5, 5.41) is 1.88. The van der Waals surface area contributed by atoms with Gasteiger partial charge < -0.3 is 9.91 Å². The first-order chi connectivity index (χ1) is 8.17. The standard InChI is InChI=1S/C13H25N3O/c1-4-7-12(2)10-16(14-3)11-13(17)15-8-5-6-9-15/h10,14H,4-9,11H2,1-3H3/b12-10-. The van der Waals surface area contributed by atoms with E-state index in [0.717, 1.165) is 38.8 Å². The zero-order valence-corrected chi connectivity index (χ0v) is 11.3. The Morgan fingerprint density at radius 1 is 1.41 bits per heavy atom. The summed E-state index contributed by atoms with van der Waals surface area (Å²) >= 11 is 0. The molecule has 0 aromatic rings. The maximum Gasteiger partial charge on any atom is 0.243 e. The maximum atomic E-state index is 12.0. The van der Waals surface area contributed by atoms with E-state index in [2.05, 4.69) is 19.3 Å². The molecule has 1 rings (SSSR count). The lowest BCUT2D eigenvalue weighted by molar-refractivity contribution is -0.131. The molecule has 1 aliphatic heterocycles. The fourth-order valence-corrected chi connectivity index (χ4v) is 2.13. The predicted molar refractivity (Wildman–Crippen MR) is 70.2 cm³/mol. The summed E-state index contributed by atoms with van der Waals surface area (Å²) in [4.78, 5) is 13.9. The van der Waals surface area contributed by atoms with Gasteiger partial charge in [0.1, 0.15) is 6.54 Å². The number of amides is 1. The largest absolute Gasteiger partial charge is 0.341 e. The van der Waals surface area contributed by atoms with E-state index < -0.39 is 0 Å². The highest BCUT2D eigenvalue weighted by atomic mass is 16.2. The first kappa shape index (κ1) is 14.0. The second-order valence-corrected chi connectivity index (χ2v) is 4.66. The number of nitrogens with zero attached hydrogens (tertiary/aromatic N) is 2. The molecule has 17 heavy (non-hydrogen) atoms. The van der Waals surface area contributed by atoms with Crippen LogP contribution in [0.15, 0.2) is 11.8 Å². The molecule has 1 amide bonds. The van der Waals surface area contributed by atoms with Gasteiger partial charge in [0.05, 0.1) is 0 Å². The third-order valence-corrected chi connectivity index (χ3v) is 3.07. The van der Waals surface area contributed by atoms with Crippen LogP contribution in [0.3, 0.4) is 0 Å². The molecule has 1 aliphatic rings. The molecule has 0 radical (unpaired) electrons. The number of carbonyl (C=O) groups is 1. The highest BCUT2D eigenvalue weighted by Crippen LogP contribution is 2.09. The van der Waals surface area contributed by atoms with Gasteiger partial charge in [-0.1, -0.05) is 18.9 Å². The van der Waals surface area contributed by atoms with Crippen molar-refractivity contribution in [3.63, 3.8) is 0 Å². The van der Waals surface area contributed by atoms with Gasteiger partial charge in [-0.15, -0.1) is 0 Å². The summed E-state index contributed by atoms with van der Waals surface area (Å²) in [6.45, 7) is 6.55. The van der Waals surface area contributed by atoms with Crippen LogP contribution >= 0.6 is 0 Å². The van der Waals surface area contributed by atoms with Crippen molar-refractivity contribution in [1.82, 2.24) is 15.3 Å². The Labute approximate surface area is 105 Å². The van der Waals surface area contributed by atoms with Crippen LogP contribution in [-0.2, 0) is 4.79 Å². The van der Waals surface area contributed by atoms with Crippen molar-refractivity contribution < 1.29 is 4.79 Å². The summed E-state index contributed by atoms with van der Waals surface area (Å²) in [7, 11) is 1.85. The van der Waals surface area contributed by atoms with Crippen LogP contribution in [0, 0.1) is 0 Å². The van der Waals surface area contributed by atoms with E-state index in [-0.39, 0.29) is 5.91 Å². The fourth-order valence-electron chi connectivity index (χ4n) is 2.13.